The van der Waals surface area contributed by atoms with E-state index < -0.39 is 5.63 Å². The van der Waals surface area contributed by atoms with Crippen molar-refractivity contribution in [3.05, 3.63) is 40.2 Å². The summed E-state index contributed by atoms with van der Waals surface area (Å²) in [6, 6.07) is 6.78. The van der Waals surface area contributed by atoms with E-state index in [9.17, 15) is 9.59 Å². The zero-order valence-corrected chi connectivity index (χ0v) is 13.1. The van der Waals surface area contributed by atoms with Crippen molar-refractivity contribution in [3.8, 4) is 0 Å². The Morgan fingerprint density at radius 2 is 2.14 bits per heavy atom. The first kappa shape index (κ1) is 16.0. The molecular formula is C15H16N2O4S. The van der Waals surface area contributed by atoms with E-state index >= 15 is 0 Å². The number of fused-ring (bicyclic) bond motifs is 1. The predicted molar refractivity (Wildman–Crippen MR) is 88.1 cm³/mol. The van der Waals surface area contributed by atoms with Crippen LogP contribution in [-0.2, 0) is 9.53 Å². The van der Waals surface area contributed by atoms with Crippen LogP contribution >= 0.6 is 12.2 Å². The fourth-order valence-electron chi connectivity index (χ4n) is 1.94. The standard InChI is InChI=1S/C15H16N2O4S/c1-3-20-14(19)8-16-15(22)17-10-4-5-11-9(2)6-13(18)21-12(11)7-10/h4-7H,3,8H2,1-2H3,(H2,16,17,22). The minimum Gasteiger partial charge on any atom is -0.465 e. The maximum atomic E-state index is 11.4. The number of hydrogen-bond acceptors (Lipinski definition) is 5. The summed E-state index contributed by atoms with van der Waals surface area (Å²) in [7, 11) is 0. The van der Waals surface area contributed by atoms with Crippen molar-refractivity contribution < 1.29 is 13.9 Å². The third-order valence-electron chi connectivity index (χ3n) is 2.91. The van der Waals surface area contributed by atoms with Crippen LogP contribution in [0.25, 0.3) is 11.0 Å². The Hall–Kier alpha value is -2.41. The van der Waals surface area contributed by atoms with Crippen molar-refractivity contribution >= 4 is 40.0 Å². The molecule has 1 heterocycles. The Labute approximate surface area is 132 Å². The quantitative estimate of drug-likeness (QED) is 0.506. The van der Waals surface area contributed by atoms with Gasteiger partial charge < -0.3 is 19.8 Å². The first-order chi connectivity index (χ1) is 10.5. The van der Waals surface area contributed by atoms with Crippen molar-refractivity contribution in [1.82, 2.24) is 5.32 Å². The van der Waals surface area contributed by atoms with Crippen LogP contribution in [0.3, 0.4) is 0 Å². The smallest absolute Gasteiger partial charge is 0.336 e. The van der Waals surface area contributed by atoms with Crippen molar-refractivity contribution in [3.63, 3.8) is 0 Å². The lowest BCUT2D eigenvalue weighted by Crippen LogP contribution is -2.33. The van der Waals surface area contributed by atoms with E-state index in [0.29, 0.717) is 17.9 Å². The molecule has 1 aromatic heterocycles. The number of anilines is 1. The average molecular weight is 320 g/mol. The number of ether oxygens (including phenoxy) is 1. The van der Waals surface area contributed by atoms with E-state index in [4.69, 9.17) is 21.4 Å². The molecule has 6 nitrogen and oxygen atoms in total. The number of esters is 1. The highest BCUT2D eigenvalue weighted by Crippen LogP contribution is 2.20. The molecular weight excluding hydrogens is 304 g/mol. The fourth-order valence-corrected chi connectivity index (χ4v) is 2.13. The topological polar surface area (TPSA) is 80.6 Å². The van der Waals surface area contributed by atoms with Gasteiger partial charge in [0.2, 0.25) is 0 Å². The van der Waals surface area contributed by atoms with Crippen LogP contribution in [0.1, 0.15) is 12.5 Å². The molecule has 0 aliphatic rings. The zero-order chi connectivity index (χ0) is 16.1. The summed E-state index contributed by atoms with van der Waals surface area (Å²) < 4.78 is 9.95. The molecule has 0 bridgehead atoms. The van der Waals surface area contributed by atoms with Gasteiger partial charge in [0.15, 0.2) is 5.11 Å². The molecule has 0 radical (unpaired) electrons. The summed E-state index contributed by atoms with van der Waals surface area (Å²) >= 11 is 5.09. The third-order valence-corrected chi connectivity index (χ3v) is 3.15. The highest BCUT2D eigenvalue weighted by atomic mass is 32.1. The lowest BCUT2D eigenvalue weighted by atomic mass is 10.1. The summed E-state index contributed by atoms with van der Waals surface area (Å²) in [6.45, 7) is 3.89. The number of carbonyl (C=O) groups excluding carboxylic acids is 1. The molecule has 0 spiro atoms. The molecule has 1 aromatic carbocycles. The van der Waals surface area contributed by atoms with Crippen molar-refractivity contribution in [2.75, 3.05) is 18.5 Å². The van der Waals surface area contributed by atoms with Crippen molar-refractivity contribution in [2.24, 2.45) is 0 Å². The molecule has 2 rings (SSSR count). The van der Waals surface area contributed by atoms with Gasteiger partial charge in [-0.1, -0.05) is 0 Å². The molecule has 0 aliphatic carbocycles. The second kappa shape index (κ2) is 7.04. The molecule has 7 heteroatoms. The van der Waals surface area contributed by atoms with Gasteiger partial charge in [-0.15, -0.1) is 0 Å². The normalized spacial score (nSPS) is 10.3. The summed E-state index contributed by atoms with van der Waals surface area (Å²) in [5, 5.41) is 6.80. The zero-order valence-electron chi connectivity index (χ0n) is 12.3. The Bertz CT molecular complexity index is 770. The fraction of sp³-hybridized carbons (Fsp3) is 0.267. The number of hydrogen-bond donors (Lipinski definition) is 2. The highest BCUT2D eigenvalue weighted by molar-refractivity contribution is 7.80. The first-order valence-corrected chi connectivity index (χ1v) is 7.15. The van der Waals surface area contributed by atoms with E-state index in [-0.39, 0.29) is 17.6 Å². The van der Waals surface area contributed by atoms with Gasteiger partial charge in [-0.3, -0.25) is 4.79 Å². The number of aryl methyl sites for hydroxylation is 1. The largest absolute Gasteiger partial charge is 0.465 e. The Kier molecular flexibility index (Phi) is 5.11. The maximum absolute atomic E-state index is 11.4. The average Bonchev–Trinajstić information content (AvgIpc) is 2.45. The van der Waals surface area contributed by atoms with E-state index in [2.05, 4.69) is 10.6 Å². The number of rotatable bonds is 4. The molecule has 0 aliphatic heterocycles. The monoisotopic (exact) mass is 320 g/mol. The lowest BCUT2D eigenvalue weighted by Gasteiger charge is -2.10. The first-order valence-electron chi connectivity index (χ1n) is 6.74. The van der Waals surface area contributed by atoms with Crippen molar-refractivity contribution in [1.29, 1.82) is 0 Å². The lowest BCUT2D eigenvalue weighted by molar-refractivity contribution is -0.141. The Morgan fingerprint density at radius 3 is 2.86 bits per heavy atom. The van der Waals surface area contributed by atoms with Crippen LogP contribution in [-0.4, -0.2) is 24.2 Å². The number of benzene rings is 1. The minimum absolute atomic E-state index is 0.0125. The molecule has 116 valence electrons. The van der Waals surface area contributed by atoms with Gasteiger partial charge in [0.1, 0.15) is 12.1 Å². The molecule has 22 heavy (non-hydrogen) atoms. The summed E-state index contributed by atoms with van der Waals surface area (Å²) in [6.07, 6.45) is 0. The Balaban J connectivity index is 2.07. The van der Waals surface area contributed by atoms with Crippen LogP contribution in [0, 0.1) is 6.92 Å². The van der Waals surface area contributed by atoms with Gasteiger partial charge in [0, 0.05) is 23.2 Å². The van der Waals surface area contributed by atoms with E-state index in [1.54, 1.807) is 13.0 Å². The van der Waals surface area contributed by atoms with Gasteiger partial charge in [-0.05, 0) is 43.8 Å². The molecule has 0 fully saturated rings. The van der Waals surface area contributed by atoms with Gasteiger partial charge in [-0.25, -0.2) is 4.79 Å². The van der Waals surface area contributed by atoms with Gasteiger partial charge in [0.05, 0.1) is 6.61 Å². The molecule has 0 saturated carbocycles. The minimum atomic E-state index is -0.398. The second-order valence-electron chi connectivity index (χ2n) is 4.57. The number of thiocarbonyl (C=S) groups is 1. The van der Waals surface area contributed by atoms with Gasteiger partial charge in [-0.2, -0.15) is 0 Å². The molecule has 2 N–H and O–H groups in total. The van der Waals surface area contributed by atoms with E-state index in [1.165, 1.54) is 6.07 Å². The molecule has 0 atom stereocenters. The maximum Gasteiger partial charge on any atom is 0.336 e. The van der Waals surface area contributed by atoms with Crippen molar-refractivity contribution in [2.45, 2.75) is 13.8 Å². The Morgan fingerprint density at radius 1 is 1.36 bits per heavy atom. The van der Waals surface area contributed by atoms with Crippen LogP contribution in [0.15, 0.2) is 33.5 Å². The number of nitrogens with one attached hydrogen (secondary N) is 2. The third kappa shape index (κ3) is 4.05. The molecule has 2 aromatic rings. The molecule has 0 amide bonds. The van der Waals surface area contributed by atoms with Crippen LogP contribution in [0.2, 0.25) is 0 Å². The summed E-state index contributed by atoms with van der Waals surface area (Å²) in [5.41, 5.74) is 1.58. The SMILES string of the molecule is CCOC(=O)CNC(=S)Nc1ccc2c(C)cc(=O)oc2c1. The summed E-state index contributed by atoms with van der Waals surface area (Å²) in [4.78, 5) is 22.6. The van der Waals surface area contributed by atoms with Crippen LogP contribution < -0.4 is 16.3 Å². The predicted octanol–water partition coefficient (Wildman–Crippen LogP) is 1.95. The van der Waals surface area contributed by atoms with Crippen LogP contribution in [0.4, 0.5) is 5.69 Å². The van der Waals surface area contributed by atoms with Gasteiger partial charge >= 0.3 is 11.6 Å². The molecule has 0 unspecified atom stereocenters. The van der Waals surface area contributed by atoms with Crippen LogP contribution in [0.5, 0.6) is 0 Å². The van der Waals surface area contributed by atoms with E-state index in [1.807, 2.05) is 19.1 Å². The molecule has 0 saturated heterocycles. The number of carbonyl (C=O) groups is 1. The highest BCUT2D eigenvalue weighted by Gasteiger charge is 2.06. The second-order valence-corrected chi connectivity index (χ2v) is 4.98. The van der Waals surface area contributed by atoms with E-state index in [0.717, 1.165) is 10.9 Å². The summed E-state index contributed by atoms with van der Waals surface area (Å²) in [5.74, 6) is -0.383. The van der Waals surface area contributed by atoms with Gasteiger partial charge in [0.25, 0.3) is 0 Å².